The molecule has 0 bridgehead atoms. The SMILES string of the molecule is COc1cccc(-n2ncc3c(N/N=C/c4cccnc4)ncnc32)c1. The van der Waals surface area contributed by atoms with Crippen LogP contribution in [0.15, 0.2) is 66.4 Å². The lowest BCUT2D eigenvalue weighted by Crippen LogP contribution is -2.00. The predicted molar refractivity (Wildman–Crippen MR) is 98.7 cm³/mol. The Kier molecular flexibility index (Phi) is 4.21. The van der Waals surface area contributed by atoms with E-state index in [1.54, 1.807) is 36.6 Å². The molecule has 0 saturated heterocycles. The highest BCUT2D eigenvalue weighted by atomic mass is 16.5. The van der Waals surface area contributed by atoms with Crippen LogP contribution in [0.2, 0.25) is 0 Å². The first kappa shape index (κ1) is 15.7. The number of methoxy groups -OCH3 is 1. The van der Waals surface area contributed by atoms with E-state index in [0.717, 1.165) is 22.4 Å². The Morgan fingerprint density at radius 2 is 2.12 bits per heavy atom. The number of benzene rings is 1. The summed E-state index contributed by atoms with van der Waals surface area (Å²) in [4.78, 5) is 12.6. The minimum absolute atomic E-state index is 0.573. The van der Waals surface area contributed by atoms with E-state index < -0.39 is 0 Å². The monoisotopic (exact) mass is 345 g/mol. The first-order valence-electron chi connectivity index (χ1n) is 7.87. The summed E-state index contributed by atoms with van der Waals surface area (Å²) in [6.45, 7) is 0. The summed E-state index contributed by atoms with van der Waals surface area (Å²) < 4.78 is 7.01. The summed E-state index contributed by atoms with van der Waals surface area (Å²) in [5, 5.41) is 9.40. The van der Waals surface area contributed by atoms with Gasteiger partial charge in [0.15, 0.2) is 11.5 Å². The number of nitrogens with zero attached hydrogens (tertiary/aromatic N) is 6. The van der Waals surface area contributed by atoms with Gasteiger partial charge >= 0.3 is 0 Å². The van der Waals surface area contributed by atoms with E-state index >= 15 is 0 Å². The van der Waals surface area contributed by atoms with E-state index in [-0.39, 0.29) is 0 Å². The molecule has 1 aromatic carbocycles. The van der Waals surface area contributed by atoms with Crippen LogP contribution in [0.3, 0.4) is 0 Å². The molecule has 8 heteroatoms. The van der Waals surface area contributed by atoms with Gasteiger partial charge in [0.25, 0.3) is 0 Å². The normalized spacial score (nSPS) is 11.1. The minimum Gasteiger partial charge on any atom is -0.497 e. The molecule has 0 aliphatic carbocycles. The van der Waals surface area contributed by atoms with Gasteiger partial charge in [0, 0.05) is 24.0 Å². The van der Waals surface area contributed by atoms with Crippen LogP contribution in [0, 0.1) is 0 Å². The van der Waals surface area contributed by atoms with Crippen LogP contribution in [-0.4, -0.2) is 38.1 Å². The van der Waals surface area contributed by atoms with E-state index in [2.05, 4.69) is 30.6 Å². The van der Waals surface area contributed by atoms with Crippen molar-refractivity contribution in [2.24, 2.45) is 5.10 Å². The first-order valence-corrected chi connectivity index (χ1v) is 7.87. The molecule has 0 aliphatic heterocycles. The van der Waals surface area contributed by atoms with Crippen molar-refractivity contribution in [3.8, 4) is 11.4 Å². The van der Waals surface area contributed by atoms with Gasteiger partial charge in [-0.05, 0) is 18.2 Å². The van der Waals surface area contributed by atoms with E-state index in [1.165, 1.54) is 6.33 Å². The van der Waals surface area contributed by atoms with Crippen LogP contribution in [0.25, 0.3) is 16.7 Å². The number of rotatable bonds is 5. The molecule has 4 rings (SSSR count). The average molecular weight is 345 g/mol. The standard InChI is InChI=1S/C18H15N7O/c1-26-15-6-2-5-14(8-15)25-18-16(11-23-25)17(20-12-21-18)24-22-10-13-4-3-7-19-9-13/h2-12H,1H3,(H,20,21,24)/b22-10+. The topological polar surface area (TPSA) is 90.1 Å². The first-order chi connectivity index (χ1) is 12.8. The quantitative estimate of drug-likeness (QED) is 0.442. The van der Waals surface area contributed by atoms with Crippen LogP contribution in [0.1, 0.15) is 5.56 Å². The summed E-state index contributed by atoms with van der Waals surface area (Å²) in [5.74, 6) is 1.32. The Labute approximate surface area is 149 Å². The molecular formula is C18H15N7O. The number of anilines is 1. The van der Waals surface area contributed by atoms with Gasteiger partial charge < -0.3 is 4.74 Å². The van der Waals surface area contributed by atoms with Crippen LogP contribution in [0.4, 0.5) is 5.82 Å². The van der Waals surface area contributed by atoms with Gasteiger partial charge in [-0.3, -0.25) is 10.4 Å². The summed E-state index contributed by atoms with van der Waals surface area (Å²) in [6, 6.07) is 11.4. The molecule has 3 heterocycles. The molecule has 0 atom stereocenters. The molecule has 3 aromatic heterocycles. The fourth-order valence-electron chi connectivity index (χ4n) is 2.48. The molecular weight excluding hydrogens is 330 g/mol. The van der Waals surface area contributed by atoms with Crippen molar-refractivity contribution in [1.82, 2.24) is 24.7 Å². The van der Waals surface area contributed by atoms with Crippen molar-refractivity contribution in [3.05, 3.63) is 66.9 Å². The molecule has 0 aliphatic rings. The summed E-state index contributed by atoms with van der Waals surface area (Å²) in [7, 11) is 1.63. The fraction of sp³-hybridized carbons (Fsp3) is 0.0556. The lowest BCUT2D eigenvalue weighted by Gasteiger charge is -2.06. The van der Waals surface area contributed by atoms with Crippen LogP contribution < -0.4 is 10.2 Å². The molecule has 8 nitrogen and oxygen atoms in total. The van der Waals surface area contributed by atoms with Gasteiger partial charge in [0.1, 0.15) is 12.1 Å². The van der Waals surface area contributed by atoms with Gasteiger partial charge in [0.05, 0.1) is 30.6 Å². The number of hydrazone groups is 1. The van der Waals surface area contributed by atoms with E-state index in [1.807, 2.05) is 36.4 Å². The molecule has 0 saturated carbocycles. The highest BCUT2D eigenvalue weighted by molar-refractivity contribution is 5.88. The molecule has 0 fully saturated rings. The van der Waals surface area contributed by atoms with Crippen molar-refractivity contribution in [1.29, 1.82) is 0 Å². The molecule has 4 aromatic rings. The third kappa shape index (κ3) is 3.07. The van der Waals surface area contributed by atoms with Crippen molar-refractivity contribution >= 4 is 23.1 Å². The van der Waals surface area contributed by atoms with E-state index in [0.29, 0.717) is 11.5 Å². The zero-order valence-electron chi connectivity index (χ0n) is 13.9. The Balaban J connectivity index is 1.66. The third-order valence-corrected chi connectivity index (χ3v) is 3.73. The largest absolute Gasteiger partial charge is 0.497 e. The number of hydrogen-bond donors (Lipinski definition) is 1. The molecule has 26 heavy (non-hydrogen) atoms. The molecule has 0 unspecified atom stereocenters. The minimum atomic E-state index is 0.573. The van der Waals surface area contributed by atoms with Crippen molar-refractivity contribution < 1.29 is 4.74 Å². The Morgan fingerprint density at radius 1 is 1.15 bits per heavy atom. The van der Waals surface area contributed by atoms with E-state index in [9.17, 15) is 0 Å². The predicted octanol–water partition coefficient (Wildman–Crippen LogP) is 2.67. The number of aromatic nitrogens is 5. The number of pyridine rings is 1. The van der Waals surface area contributed by atoms with Gasteiger partial charge in [-0.25, -0.2) is 14.6 Å². The van der Waals surface area contributed by atoms with Crippen molar-refractivity contribution in [2.45, 2.75) is 0 Å². The average Bonchev–Trinajstić information content (AvgIpc) is 3.14. The van der Waals surface area contributed by atoms with E-state index in [4.69, 9.17) is 4.74 Å². The Bertz CT molecular complexity index is 1060. The van der Waals surface area contributed by atoms with Crippen LogP contribution in [0.5, 0.6) is 5.75 Å². The van der Waals surface area contributed by atoms with Crippen molar-refractivity contribution in [3.63, 3.8) is 0 Å². The van der Waals surface area contributed by atoms with Crippen LogP contribution in [-0.2, 0) is 0 Å². The van der Waals surface area contributed by atoms with Crippen molar-refractivity contribution in [2.75, 3.05) is 12.5 Å². The smallest absolute Gasteiger partial charge is 0.168 e. The van der Waals surface area contributed by atoms with Gasteiger partial charge in [-0.2, -0.15) is 10.2 Å². The fourth-order valence-corrected chi connectivity index (χ4v) is 2.48. The molecule has 1 N–H and O–H groups in total. The lowest BCUT2D eigenvalue weighted by molar-refractivity contribution is 0.414. The molecule has 0 radical (unpaired) electrons. The van der Waals surface area contributed by atoms with Gasteiger partial charge in [-0.15, -0.1) is 0 Å². The number of nitrogens with one attached hydrogen (secondary N) is 1. The second kappa shape index (κ2) is 6.98. The maximum Gasteiger partial charge on any atom is 0.168 e. The number of hydrogen-bond acceptors (Lipinski definition) is 7. The summed E-state index contributed by atoms with van der Waals surface area (Å²) in [5.41, 5.74) is 5.35. The maximum atomic E-state index is 5.27. The summed E-state index contributed by atoms with van der Waals surface area (Å²) >= 11 is 0. The third-order valence-electron chi connectivity index (χ3n) is 3.73. The van der Waals surface area contributed by atoms with Crippen LogP contribution >= 0.6 is 0 Å². The highest BCUT2D eigenvalue weighted by Crippen LogP contribution is 2.23. The molecule has 0 spiro atoms. The van der Waals surface area contributed by atoms with Gasteiger partial charge in [-0.1, -0.05) is 12.1 Å². The Hall–Kier alpha value is -3.81. The Morgan fingerprint density at radius 3 is 2.96 bits per heavy atom. The number of fused-ring (bicyclic) bond motifs is 1. The zero-order chi connectivity index (χ0) is 17.8. The lowest BCUT2D eigenvalue weighted by atomic mass is 10.3. The second-order valence-corrected chi connectivity index (χ2v) is 5.37. The maximum absolute atomic E-state index is 5.27. The molecule has 128 valence electrons. The molecule has 0 amide bonds. The summed E-state index contributed by atoms with van der Waals surface area (Å²) in [6.07, 6.45) is 8.29. The van der Waals surface area contributed by atoms with Gasteiger partial charge in [0.2, 0.25) is 0 Å². The zero-order valence-corrected chi connectivity index (χ0v) is 13.9. The highest BCUT2D eigenvalue weighted by Gasteiger charge is 2.11. The number of ether oxygens (including phenoxy) is 1. The second-order valence-electron chi connectivity index (χ2n) is 5.37.